The summed E-state index contributed by atoms with van der Waals surface area (Å²) in [4.78, 5) is 13.0. The molecule has 0 unspecified atom stereocenters. The number of rotatable bonds is 5. The molecular weight excluding hydrogens is 412 g/mol. The van der Waals surface area contributed by atoms with Crippen molar-refractivity contribution in [1.29, 1.82) is 0 Å². The van der Waals surface area contributed by atoms with Crippen LogP contribution >= 0.6 is 0 Å². The second kappa shape index (κ2) is 10.2. The molecule has 0 aliphatic heterocycles. The number of carbonyl (C=O) groups is 1. The van der Waals surface area contributed by atoms with Crippen LogP contribution in [0.5, 0.6) is 0 Å². The molecule has 0 spiro atoms. The van der Waals surface area contributed by atoms with Crippen LogP contribution in [-0.4, -0.2) is 22.2 Å². The minimum Gasteiger partial charge on any atom is -0.475 e. The molecule has 4 nitrogen and oxygen atoms in total. The van der Waals surface area contributed by atoms with Gasteiger partial charge in [-0.3, -0.25) is 4.98 Å². The van der Waals surface area contributed by atoms with Crippen molar-refractivity contribution in [2.45, 2.75) is 32.1 Å². The number of pyridine rings is 1. The Morgan fingerprint density at radius 3 is 2.16 bits per heavy atom. The third kappa shape index (κ3) is 7.49. The number of carboxylic acids is 1. The maximum absolute atomic E-state index is 13.5. The van der Waals surface area contributed by atoms with Gasteiger partial charge in [0.15, 0.2) is 0 Å². The van der Waals surface area contributed by atoms with Gasteiger partial charge in [0.1, 0.15) is 5.82 Å². The Morgan fingerprint density at radius 1 is 0.968 bits per heavy atom. The highest BCUT2D eigenvalue weighted by atomic mass is 19.4. The first-order valence-corrected chi connectivity index (χ1v) is 9.29. The normalized spacial score (nSPS) is 11.4. The van der Waals surface area contributed by atoms with E-state index in [-0.39, 0.29) is 11.4 Å². The molecule has 0 atom stereocenters. The monoisotopic (exact) mass is 434 g/mol. The molecule has 1 heterocycles. The van der Waals surface area contributed by atoms with Gasteiger partial charge in [0, 0.05) is 24.5 Å². The van der Waals surface area contributed by atoms with Crippen LogP contribution in [0.25, 0.3) is 11.1 Å². The summed E-state index contributed by atoms with van der Waals surface area (Å²) in [6.45, 7) is 4.84. The summed E-state index contributed by atoms with van der Waals surface area (Å²) < 4.78 is 45.2. The fourth-order valence-electron chi connectivity index (χ4n) is 2.71. The van der Waals surface area contributed by atoms with E-state index < -0.39 is 12.1 Å². The summed E-state index contributed by atoms with van der Waals surface area (Å²) in [6.07, 6.45) is -1.49. The molecule has 3 aromatic rings. The number of benzene rings is 2. The lowest BCUT2D eigenvalue weighted by molar-refractivity contribution is -0.192. The molecule has 2 aromatic carbocycles. The molecule has 0 aliphatic carbocycles. The maximum Gasteiger partial charge on any atom is 0.490 e. The average molecular weight is 434 g/mol. The van der Waals surface area contributed by atoms with Crippen LogP contribution in [0.2, 0.25) is 0 Å². The minimum absolute atomic E-state index is 0.206. The molecule has 0 saturated heterocycles. The minimum atomic E-state index is -5.08. The van der Waals surface area contributed by atoms with Crippen molar-refractivity contribution < 1.29 is 27.5 Å². The topological polar surface area (TPSA) is 62.2 Å². The van der Waals surface area contributed by atoms with Gasteiger partial charge in [0.2, 0.25) is 0 Å². The van der Waals surface area contributed by atoms with Crippen LogP contribution in [-0.2, 0) is 16.9 Å². The van der Waals surface area contributed by atoms with Crippen LogP contribution in [0.3, 0.4) is 0 Å². The van der Waals surface area contributed by atoms with E-state index in [0.717, 1.165) is 11.1 Å². The Balaban J connectivity index is 0.000000423. The molecule has 3 rings (SSSR count). The molecule has 31 heavy (non-hydrogen) atoms. The fourth-order valence-corrected chi connectivity index (χ4v) is 2.71. The quantitative estimate of drug-likeness (QED) is 0.517. The zero-order valence-electron chi connectivity index (χ0n) is 16.9. The number of hydrogen-bond acceptors (Lipinski definition) is 3. The first kappa shape index (κ1) is 24.0. The van der Waals surface area contributed by atoms with Gasteiger partial charge in [-0.2, -0.15) is 13.2 Å². The predicted molar refractivity (Wildman–Crippen MR) is 110 cm³/mol. The Morgan fingerprint density at radius 2 is 1.58 bits per heavy atom. The van der Waals surface area contributed by atoms with E-state index in [9.17, 15) is 17.6 Å². The van der Waals surface area contributed by atoms with Crippen molar-refractivity contribution in [1.82, 2.24) is 10.3 Å². The molecule has 0 radical (unpaired) electrons. The van der Waals surface area contributed by atoms with Gasteiger partial charge in [0.25, 0.3) is 0 Å². The van der Waals surface area contributed by atoms with Crippen molar-refractivity contribution in [2.75, 3.05) is 0 Å². The molecular formula is C23H22F4N2O2. The molecule has 0 aliphatic rings. The SMILES string of the molecule is CC(C)(NCc1cccc(-c2ccncc2)c1)c1cccc(F)c1.O=C(O)C(F)(F)F. The van der Waals surface area contributed by atoms with E-state index in [1.165, 1.54) is 17.2 Å². The molecule has 164 valence electrons. The second-order valence-corrected chi connectivity index (χ2v) is 7.23. The lowest BCUT2D eigenvalue weighted by atomic mass is 9.93. The van der Waals surface area contributed by atoms with Gasteiger partial charge in [-0.05, 0) is 66.4 Å². The third-order valence-corrected chi connectivity index (χ3v) is 4.46. The van der Waals surface area contributed by atoms with Crippen molar-refractivity contribution in [3.63, 3.8) is 0 Å². The second-order valence-electron chi connectivity index (χ2n) is 7.23. The molecule has 2 N–H and O–H groups in total. The molecule has 8 heteroatoms. The summed E-state index contributed by atoms with van der Waals surface area (Å²) in [5.41, 5.74) is 4.13. The van der Waals surface area contributed by atoms with Gasteiger partial charge in [0.05, 0.1) is 0 Å². The molecule has 0 fully saturated rings. The van der Waals surface area contributed by atoms with Crippen LogP contribution < -0.4 is 5.32 Å². The largest absolute Gasteiger partial charge is 0.490 e. The number of hydrogen-bond donors (Lipinski definition) is 2. The Kier molecular flexibility index (Phi) is 7.88. The number of alkyl halides is 3. The number of nitrogens with zero attached hydrogens (tertiary/aromatic N) is 1. The maximum atomic E-state index is 13.5. The predicted octanol–water partition coefficient (Wildman–Crippen LogP) is 5.55. The number of aliphatic carboxylic acids is 1. The summed E-state index contributed by atoms with van der Waals surface area (Å²) in [6, 6.07) is 19.2. The van der Waals surface area contributed by atoms with Gasteiger partial charge in [-0.25, -0.2) is 9.18 Å². The number of halogens is 4. The molecule has 0 amide bonds. The summed E-state index contributed by atoms with van der Waals surface area (Å²) in [5.74, 6) is -2.96. The Bertz CT molecular complexity index is 1010. The molecule has 0 saturated carbocycles. The van der Waals surface area contributed by atoms with Crippen LogP contribution in [0.15, 0.2) is 73.1 Å². The number of carboxylic acid groups (broad SMARTS) is 1. The highest BCUT2D eigenvalue weighted by molar-refractivity contribution is 5.73. The zero-order chi connectivity index (χ0) is 23.1. The first-order valence-electron chi connectivity index (χ1n) is 9.29. The van der Waals surface area contributed by atoms with E-state index in [1.807, 2.05) is 18.2 Å². The van der Waals surface area contributed by atoms with Crippen LogP contribution in [0.1, 0.15) is 25.0 Å². The summed E-state index contributed by atoms with van der Waals surface area (Å²) >= 11 is 0. The van der Waals surface area contributed by atoms with E-state index in [0.29, 0.717) is 6.54 Å². The standard InChI is InChI=1S/C21H21FN2.C2HF3O2/c1-21(2,19-7-4-8-20(22)14-19)24-15-16-5-3-6-18(13-16)17-9-11-23-12-10-17;3-2(4,5)1(6)7/h3-14,24H,15H2,1-2H3;(H,6,7). The lowest BCUT2D eigenvalue weighted by Gasteiger charge is -2.27. The first-order chi connectivity index (χ1) is 14.5. The van der Waals surface area contributed by atoms with Gasteiger partial charge >= 0.3 is 12.1 Å². The van der Waals surface area contributed by atoms with Crippen molar-refractivity contribution in [2.24, 2.45) is 0 Å². The van der Waals surface area contributed by atoms with E-state index in [4.69, 9.17) is 9.90 Å². The van der Waals surface area contributed by atoms with Crippen molar-refractivity contribution >= 4 is 5.97 Å². The zero-order valence-corrected chi connectivity index (χ0v) is 16.9. The van der Waals surface area contributed by atoms with Crippen LogP contribution in [0.4, 0.5) is 17.6 Å². The fraction of sp³-hybridized carbons (Fsp3) is 0.217. The van der Waals surface area contributed by atoms with Gasteiger partial charge in [-0.1, -0.05) is 30.3 Å². The Labute approximate surface area is 177 Å². The van der Waals surface area contributed by atoms with Crippen LogP contribution in [0, 0.1) is 5.82 Å². The van der Waals surface area contributed by atoms with E-state index in [2.05, 4.69) is 48.4 Å². The summed E-state index contributed by atoms with van der Waals surface area (Å²) in [7, 11) is 0. The molecule has 0 bridgehead atoms. The highest BCUT2D eigenvalue weighted by Crippen LogP contribution is 2.23. The molecule has 1 aromatic heterocycles. The third-order valence-electron chi connectivity index (χ3n) is 4.46. The Hall–Kier alpha value is -3.26. The van der Waals surface area contributed by atoms with Crippen molar-refractivity contribution in [3.05, 3.63) is 90.0 Å². The smallest absolute Gasteiger partial charge is 0.475 e. The van der Waals surface area contributed by atoms with Gasteiger partial charge < -0.3 is 10.4 Å². The van der Waals surface area contributed by atoms with E-state index in [1.54, 1.807) is 24.5 Å². The summed E-state index contributed by atoms with van der Waals surface area (Å²) in [5, 5.41) is 10.6. The lowest BCUT2D eigenvalue weighted by Crippen LogP contribution is -2.36. The van der Waals surface area contributed by atoms with E-state index >= 15 is 0 Å². The highest BCUT2D eigenvalue weighted by Gasteiger charge is 2.38. The number of nitrogens with one attached hydrogen (secondary N) is 1. The average Bonchev–Trinajstić information content (AvgIpc) is 2.73. The van der Waals surface area contributed by atoms with Gasteiger partial charge in [-0.15, -0.1) is 0 Å². The van der Waals surface area contributed by atoms with Crippen molar-refractivity contribution in [3.8, 4) is 11.1 Å². The number of aromatic nitrogens is 1.